The van der Waals surface area contributed by atoms with Crippen molar-refractivity contribution < 1.29 is 22.7 Å². The van der Waals surface area contributed by atoms with Crippen LogP contribution in [0.4, 0.5) is 0 Å². The second-order valence-corrected chi connectivity index (χ2v) is 9.32. The van der Waals surface area contributed by atoms with Crippen molar-refractivity contribution in [1.29, 1.82) is 0 Å². The molecule has 1 aromatic heterocycles. The molecule has 2 aliphatic rings. The number of ether oxygens (including phenoxy) is 2. The van der Waals surface area contributed by atoms with Crippen molar-refractivity contribution in [3.63, 3.8) is 0 Å². The Bertz CT molecular complexity index is 892. The van der Waals surface area contributed by atoms with E-state index in [-0.39, 0.29) is 38.0 Å². The van der Waals surface area contributed by atoms with Crippen LogP contribution in [0.3, 0.4) is 0 Å². The average molecular weight is 391 g/mol. The predicted molar refractivity (Wildman–Crippen MR) is 97.0 cm³/mol. The smallest absolute Gasteiger partial charge is 0.260 e. The molecular weight excluding hydrogens is 370 g/mol. The van der Waals surface area contributed by atoms with Gasteiger partial charge in [-0.1, -0.05) is 18.2 Å². The summed E-state index contributed by atoms with van der Waals surface area (Å²) in [5.74, 6) is 0.383. The zero-order valence-corrected chi connectivity index (χ0v) is 15.5. The molecule has 0 saturated carbocycles. The number of carbonyl (C=O) groups is 1. The molecule has 9 heteroatoms. The van der Waals surface area contributed by atoms with Crippen molar-refractivity contribution in [3.05, 3.63) is 49.1 Å². The van der Waals surface area contributed by atoms with Gasteiger partial charge in [-0.25, -0.2) is 13.4 Å². The molecule has 0 unspecified atom stereocenters. The van der Waals surface area contributed by atoms with E-state index in [1.807, 2.05) is 18.2 Å². The molecule has 0 bridgehead atoms. The fraction of sp³-hybridized carbons (Fsp3) is 0.444. The van der Waals surface area contributed by atoms with Crippen LogP contribution in [0.15, 0.2) is 49.1 Å². The first-order chi connectivity index (χ1) is 13.0. The molecule has 1 spiro atoms. The minimum atomic E-state index is -3.32. The Morgan fingerprint density at radius 3 is 2.74 bits per heavy atom. The zero-order chi connectivity index (χ0) is 18.9. The van der Waals surface area contributed by atoms with Crippen molar-refractivity contribution in [2.45, 2.75) is 17.4 Å². The van der Waals surface area contributed by atoms with Crippen LogP contribution in [0.1, 0.15) is 0 Å². The Hall–Kier alpha value is -2.39. The molecule has 1 amide bonds. The van der Waals surface area contributed by atoms with Gasteiger partial charge in [-0.3, -0.25) is 4.79 Å². The monoisotopic (exact) mass is 391 g/mol. The number of carbonyl (C=O) groups excluding carboxylic acids is 1. The lowest BCUT2D eigenvalue weighted by Gasteiger charge is -2.52. The number of imidazole rings is 1. The molecular formula is C18H21N3O5S. The third-order valence-electron chi connectivity index (χ3n) is 4.94. The molecule has 1 atom stereocenters. The molecule has 0 radical (unpaired) electrons. The lowest BCUT2D eigenvalue weighted by molar-refractivity contribution is -0.166. The van der Waals surface area contributed by atoms with Crippen molar-refractivity contribution in [2.24, 2.45) is 0 Å². The van der Waals surface area contributed by atoms with E-state index in [9.17, 15) is 13.2 Å². The highest BCUT2D eigenvalue weighted by Gasteiger charge is 2.53. The van der Waals surface area contributed by atoms with E-state index in [2.05, 4.69) is 4.98 Å². The Labute approximate surface area is 157 Å². The maximum atomic E-state index is 12.7. The summed E-state index contributed by atoms with van der Waals surface area (Å²) in [6.07, 6.45) is 4.94. The number of sulfone groups is 1. The number of amides is 1. The van der Waals surface area contributed by atoms with Gasteiger partial charge in [-0.05, 0) is 12.1 Å². The van der Waals surface area contributed by atoms with E-state index >= 15 is 0 Å². The van der Waals surface area contributed by atoms with E-state index in [1.165, 1.54) is 0 Å². The van der Waals surface area contributed by atoms with E-state index in [1.54, 1.807) is 40.3 Å². The number of para-hydroxylation sites is 1. The molecule has 1 aromatic carbocycles. The third kappa shape index (κ3) is 3.84. The molecule has 3 heterocycles. The van der Waals surface area contributed by atoms with Crippen LogP contribution in [0.25, 0.3) is 0 Å². The van der Waals surface area contributed by atoms with Gasteiger partial charge in [0, 0.05) is 18.9 Å². The lowest BCUT2D eigenvalue weighted by atomic mass is 9.95. The number of benzene rings is 1. The highest BCUT2D eigenvalue weighted by molar-refractivity contribution is 7.92. The molecule has 144 valence electrons. The molecule has 27 heavy (non-hydrogen) atoms. The first-order valence-corrected chi connectivity index (χ1v) is 10.4. The van der Waals surface area contributed by atoms with Gasteiger partial charge < -0.3 is 18.9 Å². The standard InChI is InChI=1S/C18H21N3O5S/c22-17(10-25-15-4-2-1-3-5-15)21-11-18(12-21)13-27(23,24)16(9-26-18)8-20-7-6-19-14-20/h1-7,14,16H,8-13H2/t16-/m0/s1. The topological polar surface area (TPSA) is 90.7 Å². The summed E-state index contributed by atoms with van der Waals surface area (Å²) in [6, 6.07) is 9.10. The van der Waals surface area contributed by atoms with Crippen LogP contribution in [-0.4, -0.2) is 71.7 Å². The summed E-state index contributed by atoms with van der Waals surface area (Å²) >= 11 is 0. The number of hydrogen-bond donors (Lipinski definition) is 0. The van der Waals surface area contributed by atoms with Crippen LogP contribution in [-0.2, 0) is 25.9 Å². The number of nitrogens with zero attached hydrogens (tertiary/aromatic N) is 3. The quantitative estimate of drug-likeness (QED) is 0.731. The summed E-state index contributed by atoms with van der Waals surface area (Å²) in [4.78, 5) is 17.8. The Balaban J connectivity index is 1.30. The Morgan fingerprint density at radius 1 is 1.30 bits per heavy atom. The molecule has 2 aromatic rings. The fourth-order valence-corrected chi connectivity index (χ4v) is 5.37. The molecule has 2 saturated heterocycles. The second-order valence-electron chi connectivity index (χ2n) is 7.03. The maximum absolute atomic E-state index is 12.7. The van der Waals surface area contributed by atoms with E-state index in [0.29, 0.717) is 12.3 Å². The summed E-state index contributed by atoms with van der Waals surface area (Å²) in [5.41, 5.74) is -0.785. The van der Waals surface area contributed by atoms with Gasteiger partial charge in [0.15, 0.2) is 16.4 Å². The average Bonchev–Trinajstić information content (AvgIpc) is 3.13. The van der Waals surface area contributed by atoms with Crippen molar-refractivity contribution >= 4 is 15.7 Å². The highest BCUT2D eigenvalue weighted by Crippen LogP contribution is 2.33. The van der Waals surface area contributed by atoms with Gasteiger partial charge >= 0.3 is 0 Å². The third-order valence-corrected chi connectivity index (χ3v) is 7.17. The highest BCUT2D eigenvalue weighted by atomic mass is 32.2. The SMILES string of the molecule is O=C(COc1ccccc1)N1CC2(C1)CS(=O)(=O)[C@@H](Cn1ccnc1)CO2. The number of likely N-dealkylation sites (tertiary alicyclic amines) is 1. The zero-order valence-electron chi connectivity index (χ0n) is 14.7. The lowest BCUT2D eigenvalue weighted by Crippen LogP contribution is -2.71. The van der Waals surface area contributed by atoms with E-state index in [0.717, 1.165) is 0 Å². The summed E-state index contributed by atoms with van der Waals surface area (Å²) in [6.45, 7) is 0.938. The first kappa shape index (κ1) is 18.0. The van der Waals surface area contributed by atoms with Crippen molar-refractivity contribution in [3.8, 4) is 5.75 Å². The van der Waals surface area contributed by atoms with Gasteiger partial charge in [-0.15, -0.1) is 0 Å². The first-order valence-electron chi connectivity index (χ1n) is 8.73. The van der Waals surface area contributed by atoms with Crippen molar-refractivity contribution in [2.75, 3.05) is 32.1 Å². The van der Waals surface area contributed by atoms with Gasteiger partial charge in [-0.2, -0.15) is 0 Å². The summed E-state index contributed by atoms with van der Waals surface area (Å²) < 4.78 is 38.4. The Kier molecular flexibility index (Phi) is 4.65. The molecule has 0 N–H and O–H groups in total. The van der Waals surface area contributed by atoms with E-state index in [4.69, 9.17) is 9.47 Å². The number of aromatic nitrogens is 2. The normalized spacial score (nSPS) is 23.0. The minimum absolute atomic E-state index is 0.0668. The molecule has 8 nitrogen and oxygen atoms in total. The summed E-state index contributed by atoms with van der Waals surface area (Å²) in [5, 5.41) is -0.594. The fourth-order valence-electron chi connectivity index (χ4n) is 3.46. The van der Waals surface area contributed by atoms with Gasteiger partial charge in [0.05, 0.1) is 31.8 Å². The van der Waals surface area contributed by atoms with Crippen LogP contribution in [0.5, 0.6) is 5.75 Å². The largest absolute Gasteiger partial charge is 0.484 e. The predicted octanol–water partition coefficient (Wildman–Crippen LogP) is 0.357. The van der Waals surface area contributed by atoms with Crippen LogP contribution in [0, 0.1) is 0 Å². The molecule has 2 aliphatic heterocycles. The second kappa shape index (κ2) is 6.97. The van der Waals surface area contributed by atoms with Crippen LogP contribution < -0.4 is 4.74 Å². The maximum Gasteiger partial charge on any atom is 0.260 e. The van der Waals surface area contributed by atoms with Gasteiger partial charge in [0.1, 0.15) is 16.6 Å². The Morgan fingerprint density at radius 2 is 2.07 bits per heavy atom. The van der Waals surface area contributed by atoms with Gasteiger partial charge in [0.25, 0.3) is 5.91 Å². The molecule has 2 fully saturated rings. The number of hydrogen-bond acceptors (Lipinski definition) is 6. The minimum Gasteiger partial charge on any atom is -0.484 e. The van der Waals surface area contributed by atoms with Crippen LogP contribution in [0.2, 0.25) is 0 Å². The molecule has 0 aliphatic carbocycles. The summed E-state index contributed by atoms with van der Waals surface area (Å²) in [7, 11) is -3.32. The van der Waals surface area contributed by atoms with Gasteiger partial charge in [0.2, 0.25) is 0 Å². The molecule has 4 rings (SSSR count). The van der Waals surface area contributed by atoms with E-state index < -0.39 is 20.7 Å². The van der Waals surface area contributed by atoms with Crippen molar-refractivity contribution in [1.82, 2.24) is 14.5 Å². The number of rotatable bonds is 5. The van der Waals surface area contributed by atoms with Crippen LogP contribution >= 0.6 is 0 Å².